The van der Waals surface area contributed by atoms with Crippen LogP contribution in [-0.2, 0) is 4.79 Å². The van der Waals surface area contributed by atoms with Gasteiger partial charge in [0.05, 0.1) is 12.3 Å². The van der Waals surface area contributed by atoms with E-state index in [-0.39, 0.29) is 17.2 Å². The van der Waals surface area contributed by atoms with Gasteiger partial charge in [-0.15, -0.1) is 0 Å². The molecule has 0 bridgehead atoms. The topological polar surface area (TPSA) is 53.6 Å². The fourth-order valence-electron chi connectivity index (χ4n) is 2.61. The second kappa shape index (κ2) is 8.91. The lowest BCUT2D eigenvalue weighted by atomic mass is 10.2. The van der Waals surface area contributed by atoms with Crippen LogP contribution in [0.25, 0.3) is 0 Å². The molecule has 0 fully saturated rings. The van der Waals surface area contributed by atoms with E-state index in [1.165, 1.54) is 17.0 Å². The van der Waals surface area contributed by atoms with Crippen LogP contribution >= 0.6 is 11.8 Å². The van der Waals surface area contributed by atoms with Crippen LogP contribution in [0.4, 0.5) is 10.1 Å². The van der Waals surface area contributed by atoms with Gasteiger partial charge >= 0.3 is 0 Å². The summed E-state index contributed by atoms with van der Waals surface area (Å²) in [5.74, 6) is 0.311. The summed E-state index contributed by atoms with van der Waals surface area (Å²) in [5, 5.41) is 0. The van der Waals surface area contributed by atoms with Gasteiger partial charge in [0.1, 0.15) is 17.1 Å². The SMILES string of the molecule is CN1c2ccccc2SC1NNC(=O)CCCCOc1ccc(F)cc1. The highest BCUT2D eigenvalue weighted by Crippen LogP contribution is 2.40. The number of carbonyl (C=O) groups is 1. The Balaban J connectivity index is 1.30. The quantitative estimate of drug-likeness (QED) is 0.546. The second-order valence-corrected chi connectivity index (χ2v) is 7.12. The Morgan fingerprint density at radius 2 is 1.96 bits per heavy atom. The lowest BCUT2D eigenvalue weighted by Crippen LogP contribution is -2.48. The van der Waals surface area contributed by atoms with E-state index in [0.29, 0.717) is 18.8 Å². The lowest BCUT2D eigenvalue weighted by Gasteiger charge is -2.22. The van der Waals surface area contributed by atoms with Crippen molar-refractivity contribution in [3.8, 4) is 5.75 Å². The predicted octanol–water partition coefficient (Wildman–Crippen LogP) is 3.52. The van der Waals surface area contributed by atoms with E-state index in [0.717, 1.165) is 18.5 Å². The highest BCUT2D eigenvalue weighted by Gasteiger charge is 2.26. The Labute approximate surface area is 156 Å². The van der Waals surface area contributed by atoms with Crippen LogP contribution in [0.5, 0.6) is 5.75 Å². The zero-order valence-corrected chi connectivity index (χ0v) is 15.4. The van der Waals surface area contributed by atoms with E-state index in [1.807, 2.05) is 19.2 Å². The molecule has 0 spiro atoms. The van der Waals surface area contributed by atoms with E-state index in [4.69, 9.17) is 4.74 Å². The first kappa shape index (κ1) is 18.5. The molecule has 1 unspecified atom stereocenters. The first-order valence-electron chi connectivity index (χ1n) is 8.55. The number of anilines is 1. The third-order valence-electron chi connectivity index (χ3n) is 4.05. The number of para-hydroxylation sites is 1. The summed E-state index contributed by atoms with van der Waals surface area (Å²) >= 11 is 1.67. The molecule has 1 atom stereocenters. The van der Waals surface area contributed by atoms with Crippen molar-refractivity contribution in [3.05, 3.63) is 54.3 Å². The Morgan fingerprint density at radius 1 is 1.19 bits per heavy atom. The molecule has 5 nitrogen and oxygen atoms in total. The minimum absolute atomic E-state index is 0.0156. The summed E-state index contributed by atoms with van der Waals surface area (Å²) in [6.45, 7) is 0.503. The maximum absolute atomic E-state index is 12.8. The first-order valence-corrected chi connectivity index (χ1v) is 9.43. The molecule has 0 aromatic heterocycles. The van der Waals surface area contributed by atoms with E-state index in [1.54, 1.807) is 23.9 Å². The number of unbranched alkanes of at least 4 members (excludes halogenated alkanes) is 1. The molecular formula is C19H22FN3O2S. The number of ether oxygens (including phenoxy) is 1. The summed E-state index contributed by atoms with van der Waals surface area (Å²) in [6.07, 6.45) is 1.91. The van der Waals surface area contributed by atoms with Crippen LogP contribution in [0.2, 0.25) is 0 Å². The number of benzene rings is 2. The lowest BCUT2D eigenvalue weighted by molar-refractivity contribution is -0.122. The average molecular weight is 375 g/mol. The molecule has 0 saturated heterocycles. The highest BCUT2D eigenvalue weighted by atomic mass is 32.2. The Hall–Kier alpha value is -2.25. The number of hydrogen-bond donors (Lipinski definition) is 2. The van der Waals surface area contributed by atoms with Gasteiger partial charge in [-0.2, -0.15) is 0 Å². The van der Waals surface area contributed by atoms with Crippen molar-refractivity contribution in [2.24, 2.45) is 0 Å². The van der Waals surface area contributed by atoms with Gasteiger partial charge in [-0.25, -0.2) is 9.82 Å². The zero-order chi connectivity index (χ0) is 18.4. The van der Waals surface area contributed by atoms with Gasteiger partial charge in [0.2, 0.25) is 5.91 Å². The molecule has 1 heterocycles. The number of nitrogens with zero attached hydrogens (tertiary/aromatic N) is 1. The molecule has 7 heteroatoms. The average Bonchev–Trinajstić information content (AvgIpc) is 2.97. The van der Waals surface area contributed by atoms with Crippen LogP contribution in [0, 0.1) is 5.82 Å². The van der Waals surface area contributed by atoms with Gasteiger partial charge in [0.15, 0.2) is 0 Å². The van der Waals surface area contributed by atoms with Crippen molar-refractivity contribution in [2.45, 2.75) is 29.7 Å². The molecule has 2 N–H and O–H groups in total. The Morgan fingerprint density at radius 3 is 2.73 bits per heavy atom. The van der Waals surface area contributed by atoms with Crippen molar-refractivity contribution < 1.29 is 13.9 Å². The van der Waals surface area contributed by atoms with Gasteiger partial charge in [0, 0.05) is 18.4 Å². The summed E-state index contributed by atoms with van der Waals surface area (Å²) in [6, 6.07) is 14.1. The predicted molar refractivity (Wildman–Crippen MR) is 102 cm³/mol. The summed E-state index contributed by atoms with van der Waals surface area (Å²) < 4.78 is 18.3. The van der Waals surface area contributed by atoms with Gasteiger partial charge < -0.3 is 9.64 Å². The number of fused-ring (bicyclic) bond motifs is 1. The van der Waals surface area contributed by atoms with E-state index >= 15 is 0 Å². The largest absolute Gasteiger partial charge is 0.494 e. The molecule has 1 aliphatic heterocycles. The molecule has 0 radical (unpaired) electrons. The van der Waals surface area contributed by atoms with Crippen LogP contribution in [0.1, 0.15) is 19.3 Å². The number of rotatable bonds is 8. The second-order valence-electron chi connectivity index (χ2n) is 6.00. The molecular weight excluding hydrogens is 353 g/mol. The number of amides is 1. The number of carbonyl (C=O) groups excluding carboxylic acids is 1. The van der Waals surface area contributed by atoms with Crippen molar-refractivity contribution in [3.63, 3.8) is 0 Å². The zero-order valence-electron chi connectivity index (χ0n) is 14.6. The molecule has 0 saturated carbocycles. The summed E-state index contributed by atoms with van der Waals surface area (Å²) in [4.78, 5) is 15.3. The monoisotopic (exact) mass is 375 g/mol. The maximum Gasteiger partial charge on any atom is 0.234 e. The van der Waals surface area contributed by atoms with Crippen molar-refractivity contribution in [1.29, 1.82) is 0 Å². The van der Waals surface area contributed by atoms with E-state index < -0.39 is 0 Å². The fraction of sp³-hybridized carbons (Fsp3) is 0.316. The Kier molecular flexibility index (Phi) is 6.35. The molecule has 138 valence electrons. The molecule has 2 aromatic rings. The van der Waals surface area contributed by atoms with E-state index in [9.17, 15) is 9.18 Å². The van der Waals surface area contributed by atoms with Crippen LogP contribution < -0.4 is 20.5 Å². The van der Waals surface area contributed by atoms with Crippen LogP contribution in [0.3, 0.4) is 0 Å². The van der Waals surface area contributed by atoms with Gasteiger partial charge in [-0.1, -0.05) is 23.9 Å². The molecule has 2 aromatic carbocycles. The number of hydrazine groups is 1. The minimum Gasteiger partial charge on any atom is -0.494 e. The molecule has 1 aliphatic rings. The molecule has 1 amide bonds. The van der Waals surface area contributed by atoms with Gasteiger partial charge in [-0.05, 0) is 49.2 Å². The summed E-state index contributed by atoms with van der Waals surface area (Å²) in [7, 11) is 2.00. The highest BCUT2D eigenvalue weighted by molar-refractivity contribution is 8.00. The molecule has 0 aliphatic carbocycles. The van der Waals surface area contributed by atoms with Crippen LogP contribution in [-0.4, -0.2) is 25.1 Å². The maximum atomic E-state index is 12.8. The molecule has 26 heavy (non-hydrogen) atoms. The first-order chi connectivity index (χ1) is 12.6. The van der Waals surface area contributed by atoms with Gasteiger partial charge in [0.25, 0.3) is 0 Å². The standard InChI is InChI=1S/C19H22FN3O2S/c1-23-16-6-2-3-7-17(16)26-19(23)22-21-18(24)8-4-5-13-25-15-11-9-14(20)10-12-15/h2-3,6-7,9-12,19,22H,4-5,8,13H2,1H3,(H,21,24). The van der Waals surface area contributed by atoms with E-state index in [2.05, 4.69) is 27.9 Å². The normalized spacial score (nSPS) is 15.6. The third-order valence-corrected chi connectivity index (χ3v) is 5.31. The number of hydrogen-bond acceptors (Lipinski definition) is 5. The van der Waals surface area contributed by atoms with Crippen molar-refractivity contribution >= 4 is 23.4 Å². The molecule has 3 rings (SSSR count). The number of nitrogens with one attached hydrogen (secondary N) is 2. The third kappa shape index (κ3) is 4.89. The Bertz CT molecular complexity index is 742. The number of thioether (sulfide) groups is 1. The van der Waals surface area contributed by atoms with Crippen LogP contribution in [0.15, 0.2) is 53.4 Å². The summed E-state index contributed by atoms with van der Waals surface area (Å²) in [5.41, 5.74) is 6.98. The minimum atomic E-state index is -0.282. The fourth-order valence-corrected chi connectivity index (χ4v) is 3.73. The smallest absolute Gasteiger partial charge is 0.234 e. The van der Waals surface area contributed by atoms with Gasteiger partial charge in [-0.3, -0.25) is 10.2 Å². The van der Waals surface area contributed by atoms with Crippen molar-refractivity contribution in [1.82, 2.24) is 10.9 Å². The van der Waals surface area contributed by atoms with Crippen molar-refractivity contribution in [2.75, 3.05) is 18.6 Å². The number of halogens is 1.